The molecule has 3 fully saturated rings. The van der Waals surface area contributed by atoms with Crippen LogP contribution in [-0.2, 0) is 28.7 Å². The molecule has 2 aromatic rings. The minimum absolute atomic E-state index is 0.0923. The lowest BCUT2D eigenvalue weighted by Crippen LogP contribution is -2.53. The first-order valence-corrected chi connectivity index (χ1v) is 17.1. The second-order valence-electron chi connectivity index (χ2n) is 13.1. The van der Waals surface area contributed by atoms with Crippen molar-refractivity contribution in [2.75, 3.05) is 56.9 Å². The van der Waals surface area contributed by atoms with E-state index in [1.807, 2.05) is 24.3 Å². The average molecular weight is 691 g/mol. The average Bonchev–Trinajstić information content (AvgIpc) is 3.62. The summed E-state index contributed by atoms with van der Waals surface area (Å²) in [6.45, 7) is 4.14. The Morgan fingerprint density at radius 3 is 2.29 bits per heavy atom. The third-order valence-corrected chi connectivity index (χ3v) is 10.4. The minimum Gasteiger partial charge on any atom is -0.436 e. The number of urea groups is 1. The molecule has 0 aliphatic carbocycles. The van der Waals surface area contributed by atoms with Gasteiger partial charge in [-0.1, -0.05) is 29.8 Å². The van der Waals surface area contributed by atoms with E-state index < -0.39 is 29.8 Å². The number of nitrogens with one attached hydrogen (secondary N) is 2. The van der Waals surface area contributed by atoms with Gasteiger partial charge in [-0.05, 0) is 80.9 Å². The van der Waals surface area contributed by atoms with Crippen LogP contribution in [-0.4, -0.2) is 102 Å². The van der Waals surface area contributed by atoms with Crippen molar-refractivity contribution < 1.29 is 32.3 Å². The highest BCUT2D eigenvalue weighted by Crippen LogP contribution is 2.40. The third-order valence-electron chi connectivity index (χ3n) is 10.1. The number of ether oxygens (including phenoxy) is 1. The predicted octanol–water partition coefficient (Wildman–Crippen LogP) is 6.05. The number of carbonyl (C=O) groups is 3. The number of halogens is 4. The van der Waals surface area contributed by atoms with Gasteiger partial charge in [0.1, 0.15) is 0 Å². The highest BCUT2D eigenvalue weighted by atomic mass is 35.5. The first kappa shape index (κ1) is 34.2. The van der Waals surface area contributed by atoms with Gasteiger partial charge in [0, 0.05) is 64.0 Å². The molecule has 0 saturated carbocycles. The highest BCUT2D eigenvalue weighted by molar-refractivity contribution is 6.33. The summed E-state index contributed by atoms with van der Waals surface area (Å²) in [6, 6.07) is 10.1. The van der Waals surface area contributed by atoms with Crippen LogP contribution in [0.3, 0.4) is 0 Å². The molecule has 0 radical (unpaired) electrons. The molecule has 4 aliphatic heterocycles. The van der Waals surface area contributed by atoms with Crippen LogP contribution >= 0.6 is 11.6 Å². The highest BCUT2D eigenvalue weighted by Gasteiger charge is 2.39. The van der Waals surface area contributed by atoms with Crippen LogP contribution in [0.2, 0.25) is 5.02 Å². The summed E-state index contributed by atoms with van der Waals surface area (Å²) < 4.78 is 47.8. The molecule has 14 heteroatoms. The number of para-hydroxylation sites is 1. The van der Waals surface area contributed by atoms with Crippen LogP contribution < -0.4 is 10.6 Å². The van der Waals surface area contributed by atoms with Crippen LogP contribution in [0.1, 0.15) is 55.2 Å². The monoisotopic (exact) mass is 690 g/mol. The molecule has 0 aromatic heterocycles. The fourth-order valence-electron chi connectivity index (χ4n) is 7.49. The molecule has 2 aromatic carbocycles. The summed E-state index contributed by atoms with van der Waals surface area (Å²) in [4.78, 5) is 47.7. The van der Waals surface area contributed by atoms with Crippen LogP contribution in [0.15, 0.2) is 36.4 Å². The number of hydrogen-bond acceptors (Lipinski definition) is 6. The number of benzene rings is 2. The van der Waals surface area contributed by atoms with E-state index >= 15 is 0 Å². The lowest BCUT2D eigenvalue weighted by molar-refractivity contribution is -0.142. The van der Waals surface area contributed by atoms with E-state index in [4.69, 9.17) is 16.3 Å². The number of piperidine rings is 2. The first-order valence-electron chi connectivity index (χ1n) is 16.7. The van der Waals surface area contributed by atoms with Gasteiger partial charge in [0.2, 0.25) is 0 Å². The molecule has 6 rings (SSSR count). The Morgan fingerprint density at radius 1 is 0.979 bits per heavy atom. The summed E-state index contributed by atoms with van der Waals surface area (Å²) in [5.41, 5.74) is 0.731. The van der Waals surface area contributed by atoms with Gasteiger partial charge in [-0.25, -0.2) is 9.59 Å². The Bertz CT molecular complexity index is 1500. The fourth-order valence-corrected chi connectivity index (χ4v) is 7.82. The number of rotatable bonds is 7. The van der Waals surface area contributed by atoms with Crippen molar-refractivity contribution in [3.05, 3.63) is 58.1 Å². The third kappa shape index (κ3) is 7.46. The molecule has 0 spiro atoms. The Kier molecular flexibility index (Phi) is 10.3. The number of carbonyl (C=O) groups excluding carboxylic acids is 3. The van der Waals surface area contributed by atoms with Crippen LogP contribution in [0.4, 0.5) is 34.1 Å². The lowest BCUT2D eigenvalue weighted by atomic mass is 9.99. The number of anilines is 2. The maximum absolute atomic E-state index is 14.0. The summed E-state index contributed by atoms with van der Waals surface area (Å²) in [5.74, 6) is -0.427. The molecule has 3 saturated heterocycles. The number of hydrogen-bond donors (Lipinski definition) is 2. The number of alkyl halides is 3. The second kappa shape index (κ2) is 14.4. The van der Waals surface area contributed by atoms with Crippen LogP contribution in [0.25, 0.3) is 0 Å². The van der Waals surface area contributed by atoms with E-state index in [2.05, 4.69) is 15.5 Å². The van der Waals surface area contributed by atoms with Gasteiger partial charge in [-0.2, -0.15) is 13.2 Å². The molecule has 2 N–H and O–H groups in total. The van der Waals surface area contributed by atoms with Crippen molar-refractivity contribution in [2.45, 2.75) is 75.9 Å². The summed E-state index contributed by atoms with van der Waals surface area (Å²) in [7, 11) is 1.36. The zero-order valence-electron chi connectivity index (χ0n) is 27.0. The Labute approximate surface area is 283 Å². The van der Waals surface area contributed by atoms with Gasteiger partial charge >= 0.3 is 18.3 Å². The predicted molar refractivity (Wildman–Crippen MR) is 176 cm³/mol. The molecule has 1 atom stereocenters. The lowest BCUT2D eigenvalue weighted by Gasteiger charge is -2.40. The normalized spacial score (nSPS) is 20.4. The van der Waals surface area contributed by atoms with E-state index in [0.29, 0.717) is 51.6 Å². The number of amides is 4. The molecule has 4 heterocycles. The van der Waals surface area contributed by atoms with E-state index in [1.54, 1.807) is 9.80 Å². The Balaban J connectivity index is 1.14. The Morgan fingerprint density at radius 2 is 1.62 bits per heavy atom. The number of fused-ring (bicyclic) bond motifs is 1. The fraction of sp³-hybridized carbons (Fsp3) is 0.559. The summed E-state index contributed by atoms with van der Waals surface area (Å²) in [6.07, 6.45) is -2.04. The van der Waals surface area contributed by atoms with Crippen LogP contribution in [0, 0.1) is 0 Å². The molecule has 1 unspecified atom stereocenters. The molecule has 260 valence electrons. The van der Waals surface area contributed by atoms with Gasteiger partial charge < -0.3 is 35.0 Å². The van der Waals surface area contributed by atoms with Crippen molar-refractivity contribution in [2.24, 2.45) is 0 Å². The van der Waals surface area contributed by atoms with Crippen molar-refractivity contribution in [3.63, 3.8) is 0 Å². The summed E-state index contributed by atoms with van der Waals surface area (Å²) >= 11 is 6.26. The topological polar surface area (TPSA) is 97.5 Å². The van der Waals surface area contributed by atoms with E-state index in [0.717, 1.165) is 43.2 Å². The molecule has 4 aliphatic rings. The quantitative estimate of drug-likeness (QED) is 0.368. The van der Waals surface area contributed by atoms with Gasteiger partial charge in [-0.3, -0.25) is 4.79 Å². The summed E-state index contributed by atoms with van der Waals surface area (Å²) in [5, 5.41) is 5.30. The first-order chi connectivity index (χ1) is 23.0. The SMILES string of the molecule is CNc1c(Cl)cc(CC(OC(=O)N2CCC(N3Cc4ccccc4NC3=O)CC2)C(=O)N2CCC(N3CCCC3)CC2)cc1C(F)(F)F. The zero-order chi connectivity index (χ0) is 34.0. The van der Waals surface area contributed by atoms with E-state index in [1.165, 1.54) is 30.9 Å². The zero-order valence-corrected chi connectivity index (χ0v) is 27.8. The van der Waals surface area contributed by atoms with Crippen molar-refractivity contribution in [1.82, 2.24) is 19.6 Å². The maximum Gasteiger partial charge on any atom is 0.418 e. The number of likely N-dealkylation sites (tertiary alicyclic amines) is 3. The smallest absolute Gasteiger partial charge is 0.418 e. The molecular formula is C34H42ClF3N6O4. The van der Waals surface area contributed by atoms with E-state index in [9.17, 15) is 27.6 Å². The molecular weight excluding hydrogens is 649 g/mol. The van der Waals surface area contributed by atoms with Gasteiger partial charge in [-0.15, -0.1) is 0 Å². The molecule has 10 nitrogen and oxygen atoms in total. The minimum atomic E-state index is -4.69. The standard InChI is InChI=1S/C34H42ClF3N6O4/c1-39-30-26(34(36,37)38)18-22(19-27(30)35)20-29(31(45)42-14-8-24(9-15-42)41-12-4-5-13-41)48-33(47)43-16-10-25(11-17-43)44-21-23-6-2-3-7-28(23)40-32(44)46/h2-3,6-7,18-19,24-25,29,39H,4-5,8-17,20-21H2,1H3,(H,40,46). The van der Waals surface area contributed by atoms with Crippen molar-refractivity contribution >= 4 is 41.0 Å². The van der Waals surface area contributed by atoms with Crippen molar-refractivity contribution in [1.29, 1.82) is 0 Å². The second-order valence-corrected chi connectivity index (χ2v) is 13.5. The largest absolute Gasteiger partial charge is 0.436 e. The Hall–Kier alpha value is -3.71. The molecule has 0 bridgehead atoms. The number of nitrogens with zero attached hydrogens (tertiary/aromatic N) is 4. The maximum atomic E-state index is 14.0. The van der Waals surface area contributed by atoms with E-state index in [-0.39, 0.29) is 34.8 Å². The van der Waals surface area contributed by atoms with Crippen molar-refractivity contribution in [3.8, 4) is 0 Å². The van der Waals surface area contributed by atoms with Crippen LogP contribution in [0.5, 0.6) is 0 Å². The molecule has 48 heavy (non-hydrogen) atoms. The van der Waals surface area contributed by atoms with Gasteiger partial charge in [0.25, 0.3) is 5.91 Å². The van der Waals surface area contributed by atoms with Gasteiger partial charge in [0.15, 0.2) is 6.10 Å². The van der Waals surface area contributed by atoms with Gasteiger partial charge in [0.05, 0.1) is 16.3 Å². The molecule has 4 amide bonds.